The van der Waals surface area contributed by atoms with E-state index in [1.807, 2.05) is 38.7 Å². The number of benzene rings is 2. The van der Waals surface area contributed by atoms with Gasteiger partial charge in [0.25, 0.3) is 5.69 Å². The largest absolute Gasteiger partial charge is 0.319 e. The van der Waals surface area contributed by atoms with E-state index in [1.54, 1.807) is 6.07 Å². The molecule has 0 radical (unpaired) electrons. The molecule has 1 saturated heterocycles. The van der Waals surface area contributed by atoms with Crippen molar-refractivity contribution in [2.45, 2.75) is 32.6 Å². The van der Waals surface area contributed by atoms with Gasteiger partial charge in [-0.15, -0.1) is 0 Å². The number of aryl methyl sites for hydroxylation is 2. The molecule has 32 heavy (non-hydrogen) atoms. The summed E-state index contributed by atoms with van der Waals surface area (Å²) in [5.41, 5.74) is 3.38. The van der Waals surface area contributed by atoms with Crippen LogP contribution >= 0.6 is 0 Å². The highest BCUT2D eigenvalue weighted by Crippen LogP contribution is 2.29. The molecule has 1 N–H and O–H groups in total. The van der Waals surface area contributed by atoms with Crippen LogP contribution < -0.4 is 5.32 Å². The zero-order chi connectivity index (χ0) is 23.6. The first-order valence-electron chi connectivity index (χ1n) is 10.4. The number of nitrogens with zero attached hydrogens (tertiary/aromatic N) is 3. The van der Waals surface area contributed by atoms with Gasteiger partial charge in [-0.2, -0.15) is 4.31 Å². The normalized spacial score (nSPS) is 15.5. The molecular weight excluding hydrogens is 432 g/mol. The maximum Gasteiger partial charge on any atom is 0.292 e. The van der Waals surface area contributed by atoms with Crippen LogP contribution in [0.3, 0.4) is 0 Å². The van der Waals surface area contributed by atoms with Crippen molar-refractivity contribution in [2.75, 3.05) is 38.0 Å². The molecular formula is C22H28N4O5S. The number of amides is 1. The van der Waals surface area contributed by atoms with Crippen molar-refractivity contribution >= 4 is 27.3 Å². The Bertz CT molecular complexity index is 1130. The summed E-state index contributed by atoms with van der Waals surface area (Å²) >= 11 is 0. The molecule has 0 bridgehead atoms. The number of nitro groups is 1. The fourth-order valence-electron chi connectivity index (χ4n) is 3.96. The molecule has 0 spiro atoms. The minimum atomic E-state index is -3.65. The number of nitrogens with one attached hydrogen (secondary N) is 1. The summed E-state index contributed by atoms with van der Waals surface area (Å²) in [6, 6.07) is 7.96. The number of nitro benzene ring substituents is 1. The van der Waals surface area contributed by atoms with Gasteiger partial charge in [0.15, 0.2) is 0 Å². The molecule has 1 heterocycles. The minimum Gasteiger partial charge on any atom is -0.319 e. The van der Waals surface area contributed by atoms with Crippen LogP contribution in [-0.4, -0.2) is 61.2 Å². The second-order valence-electron chi connectivity index (χ2n) is 8.09. The van der Waals surface area contributed by atoms with E-state index in [9.17, 15) is 23.3 Å². The minimum absolute atomic E-state index is 0.0293. The smallest absolute Gasteiger partial charge is 0.292 e. The average molecular weight is 461 g/mol. The molecule has 9 nitrogen and oxygen atoms in total. The van der Waals surface area contributed by atoms with Crippen LogP contribution in [-0.2, 0) is 14.8 Å². The summed E-state index contributed by atoms with van der Waals surface area (Å²) in [7, 11) is -3.65. The zero-order valence-corrected chi connectivity index (χ0v) is 19.5. The topological polar surface area (TPSA) is 113 Å². The van der Waals surface area contributed by atoms with Gasteiger partial charge in [-0.05, 0) is 56.0 Å². The Morgan fingerprint density at radius 3 is 2.16 bits per heavy atom. The molecule has 0 unspecified atom stereocenters. The van der Waals surface area contributed by atoms with Crippen molar-refractivity contribution < 1.29 is 18.1 Å². The van der Waals surface area contributed by atoms with Gasteiger partial charge < -0.3 is 5.32 Å². The van der Waals surface area contributed by atoms with Gasteiger partial charge in [-0.1, -0.05) is 18.2 Å². The van der Waals surface area contributed by atoms with E-state index < -0.39 is 14.9 Å². The number of anilines is 1. The van der Waals surface area contributed by atoms with Gasteiger partial charge in [0, 0.05) is 32.2 Å². The van der Waals surface area contributed by atoms with Crippen LogP contribution in [0.5, 0.6) is 0 Å². The van der Waals surface area contributed by atoms with Crippen LogP contribution in [0, 0.1) is 37.8 Å². The molecule has 1 aliphatic rings. The van der Waals surface area contributed by atoms with Crippen molar-refractivity contribution in [3.63, 3.8) is 0 Å². The first-order valence-corrected chi connectivity index (χ1v) is 11.8. The third kappa shape index (κ3) is 4.82. The van der Waals surface area contributed by atoms with Crippen molar-refractivity contribution in [1.29, 1.82) is 0 Å². The van der Waals surface area contributed by atoms with E-state index in [2.05, 4.69) is 5.32 Å². The Balaban J connectivity index is 1.66. The number of rotatable bonds is 6. The number of hydrogen-bond donors (Lipinski definition) is 1. The van der Waals surface area contributed by atoms with Crippen molar-refractivity contribution in [2.24, 2.45) is 0 Å². The summed E-state index contributed by atoms with van der Waals surface area (Å²) in [6.07, 6.45) is 0. The summed E-state index contributed by atoms with van der Waals surface area (Å²) in [6.45, 7) is 8.85. The van der Waals surface area contributed by atoms with E-state index in [1.165, 1.54) is 22.5 Å². The molecule has 0 atom stereocenters. The molecule has 0 aliphatic carbocycles. The molecule has 172 valence electrons. The van der Waals surface area contributed by atoms with E-state index in [4.69, 9.17) is 0 Å². The zero-order valence-electron chi connectivity index (χ0n) is 18.7. The SMILES string of the molecule is Cc1cc(C)c(C)c(S(=O)(=O)N2CCN(CC(=O)Nc3ccccc3[N+](=O)[O-])CC2)c1C. The van der Waals surface area contributed by atoms with Crippen molar-refractivity contribution in [1.82, 2.24) is 9.21 Å². The highest BCUT2D eigenvalue weighted by atomic mass is 32.2. The molecule has 3 rings (SSSR count). The summed E-state index contributed by atoms with van der Waals surface area (Å²) < 4.78 is 28.2. The fourth-order valence-corrected chi connectivity index (χ4v) is 5.95. The molecule has 2 aromatic rings. The van der Waals surface area contributed by atoms with Crippen LogP contribution in [0.4, 0.5) is 11.4 Å². The standard InChI is InChI=1S/C22H28N4O5S/c1-15-13-16(2)18(4)22(17(15)3)32(30,31)25-11-9-24(10-12-25)14-21(27)23-19-7-5-6-8-20(19)26(28)29/h5-8,13H,9-12,14H2,1-4H3,(H,23,27). The number of hydrogen-bond acceptors (Lipinski definition) is 6. The lowest BCUT2D eigenvalue weighted by atomic mass is 10.0. The first-order chi connectivity index (χ1) is 15.0. The molecule has 0 aromatic heterocycles. The number of para-hydroxylation sites is 2. The average Bonchev–Trinajstić information content (AvgIpc) is 2.73. The van der Waals surface area contributed by atoms with Crippen LogP contribution in [0.15, 0.2) is 35.2 Å². The lowest BCUT2D eigenvalue weighted by Crippen LogP contribution is -2.50. The fraction of sp³-hybridized carbons (Fsp3) is 0.409. The van der Waals surface area contributed by atoms with Gasteiger partial charge in [0.2, 0.25) is 15.9 Å². The van der Waals surface area contributed by atoms with Gasteiger partial charge in [-0.3, -0.25) is 19.8 Å². The lowest BCUT2D eigenvalue weighted by Gasteiger charge is -2.34. The van der Waals surface area contributed by atoms with E-state index in [0.717, 1.165) is 22.3 Å². The van der Waals surface area contributed by atoms with E-state index in [-0.39, 0.29) is 36.9 Å². The second kappa shape index (κ2) is 9.35. The van der Waals surface area contributed by atoms with Crippen molar-refractivity contribution in [3.05, 3.63) is 62.7 Å². The number of piperazine rings is 1. The van der Waals surface area contributed by atoms with Gasteiger partial charge >= 0.3 is 0 Å². The number of sulfonamides is 1. The van der Waals surface area contributed by atoms with Gasteiger partial charge in [0.1, 0.15) is 5.69 Å². The first kappa shape index (κ1) is 23.8. The summed E-state index contributed by atoms with van der Waals surface area (Å²) in [5, 5.41) is 13.7. The summed E-state index contributed by atoms with van der Waals surface area (Å²) in [5.74, 6) is -0.378. The summed E-state index contributed by atoms with van der Waals surface area (Å²) in [4.78, 5) is 25.2. The monoisotopic (exact) mass is 460 g/mol. The predicted octanol–water partition coefficient (Wildman–Crippen LogP) is 2.77. The molecule has 1 amide bonds. The Labute approximate surface area is 188 Å². The Kier molecular flexibility index (Phi) is 6.97. The van der Waals surface area contributed by atoms with Crippen molar-refractivity contribution in [3.8, 4) is 0 Å². The van der Waals surface area contributed by atoms with Gasteiger partial charge in [-0.25, -0.2) is 8.42 Å². The predicted molar refractivity (Wildman–Crippen MR) is 122 cm³/mol. The third-order valence-corrected chi connectivity index (χ3v) is 8.14. The van der Waals surface area contributed by atoms with Crippen LogP contribution in [0.2, 0.25) is 0 Å². The molecule has 2 aromatic carbocycles. The lowest BCUT2D eigenvalue weighted by molar-refractivity contribution is -0.383. The third-order valence-electron chi connectivity index (χ3n) is 5.97. The molecule has 1 fully saturated rings. The van der Waals surface area contributed by atoms with E-state index >= 15 is 0 Å². The Hall–Kier alpha value is -2.82. The van der Waals surface area contributed by atoms with Gasteiger partial charge in [0.05, 0.1) is 16.4 Å². The Morgan fingerprint density at radius 2 is 1.59 bits per heavy atom. The Morgan fingerprint density at radius 1 is 1.03 bits per heavy atom. The highest BCUT2D eigenvalue weighted by molar-refractivity contribution is 7.89. The second-order valence-corrected chi connectivity index (χ2v) is 9.97. The quantitative estimate of drug-likeness (QED) is 0.524. The van der Waals surface area contributed by atoms with E-state index in [0.29, 0.717) is 18.0 Å². The number of carbonyl (C=O) groups excluding carboxylic acids is 1. The molecule has 0 saturated carbocycles. The molecule has 10 heteroatoms. The molecule has 1 aliphatic heterocycles. The highest BCUT2D eigenvalue weighted by Gasteiger charge is 2.32. The van der Waals surface area contributed by atoms with Crippen LogP contribution in [0.25, 0.3) is 0 Å². The van der Waals surface area contributed by atoms with Crippen LogP contribution in [0.1, 0.15) is 22.3 Å². The number of carbonyl (C=O) groups is 1. The maximum absolute atomic E-state index is 13.4. The maximum atomic E-state index is 13.4.